The first-order chi connectivity index (χ1) is 13.7. The van der Waals surface area contributed by atoms with Crippen molar-refractivity contribution >= 4 is 17.5 Å². The zero-order valence-corrected chi connectivity index (χ0v) is 15.5. The van der Waals surface area contributed by atoms with Gasteiger partial charge in [0.15, 0.2) is 5.69 Å². The first kappa shape index (κ1) is 18.0. The molecule has 1 saturated heterocycles. The Hall–Kier alpha value is -3.41. The van der Waals surface area contributed by atoms with Crippen molar-refractivity contribution in [3.8, 4) is 5.69 Å². The molecule has 0 radical (unpaired) electrons. The van der Waals surface area contributed by atoms with Crippen LogP contribution in [0.5, 0.6) is 0 Å². The number of nitrogens with one attached hydrogen (secondary N) is 1. The number of benzene rings is 2. The van der Waals surface area contributed by atoms with Crippen molar-refractivity contribution in [1.29, 1.82) is 0 Å². The number of likely N-dealkylation sites (tertiary alicyclic amines) is 1. The summed E-state index contributed by atoms with van der Waals surface area (Å²) in [6.45, 7) is 1.37. The second-order valence-corrected chi connectivity index (χ2v) is 6.91. The van der Waals surface area contributed by atoms with E-state index in [0.29, 0.717) is 24.3 Å². The van der Waals surface area contributed by atoms with Crippen LogP contribution in [0.4, 0.5) is 5.69 Å². The standard InChI is InChI=1S/C22H22N4O2/c27-21-11-4-5-13-25(21)16-17-7-6-8-18(15-17)23-22(28)20-12-14-26(24-20)19-9-2-1-3-10-19/h1-3,6-10,12,14-15H,4-5,11,13,16H2,(H,23,28). The molecule has 2 aromatic carbocycles. The fraction of sp³-hybridized carbons (Fsp3) is 0.227. The van der Waals surface area contributed by atoms with Crippen molar-refractivity contribution in [2.75, 3.05) is 11.9 Å². The molecule has 0 bridgehead atoms. The minimum Gasteiger partial charge on any atom is -0.338 e. The van der Waals surface area contributed by atoms with Crippen LogP contribution in [0.1, 0.15) is 35.3 Å². The number of amides is 2. The molecule has 6 heteroatoms. The molecule has 0 unspecified atom stereocenters. The van der Waals surface area contributed by atoms with E-state index in [2.05, 4.69) is 10.4 Å². The van der Waals surface area contributed by atoms with Gasteiger partial charge in [0.05, 0.1) is 5.69 Å². The van der Waals surface area contributed by atoms with E-state index in [1.165, 1.54) is 0 Å². The molecule has 1 aliphatic heterocycles. The Morgan fingerprint density at radius 1 is 1.04 bits per heavy atom. The van der Waals surface area contributed by atoms with Crippen LogP contribution in [-0.4, -0.2) is 33.0 Å². The first-order valence-corrected chi connectivity index (χ1v) is 9.48. The number of nitrogens with zero attached hydrogens (tertiary/aromatic N) is 3. The van der Waals surface area contributed by atoms with E-state index in [-0.39, 0.29) is 11.8 Å². The summed E-state index contributed by atoms with van der Waals surface area (Å²) in [6, 6.07) is 19.0. The summed E-state index contributed by atoms with van der Waals surface area (Å²) in [7, 11) is 0. The van der Waals surface area contributed by atoms with Gasteiger partial charge in [-0.1, -0.05) is 30.3 Å². The molecule has 3 aromatic rings. The average Bonchev–Trinajstić information content (AvgIpc) is 3.21. The molecule has 0 aliphatic carbocycles. The topological polar surface area (TPSA) is 67.2 Å². The number of anilines is 1. The maximum absolute atomic E-state index is 12.6. The predicted molar refractivity (Wildman–Crippen MR) is 107 cm³/mol. The van der Waals surface area contributed by atoms with Gasteiger partial charge in [0.2, 0.25) is 5.91 Å². The van der Waals surface area contributed by atoms with E-state index in [4.69, 9.17) is 0 Å². The third kappa shape index (κ3) is 4.11. The van der Waals surface area contributed by atoms with Crippen molar-refractivity contribution in [1.82, 2.24) is 14.7 Å². The third-order valence-corrected chi connectivity index (χ3v) is 4.82. The van der Waals surface area contributed by atoms with E-state index in [9.17, 15) is 9.59 Å². The van der Waals surface area contributed by atoms with Crippen molar-refractivity contribution in [2.24, 2.45) is 0 Å². The summed E-state index contributed by atoms with van der Waals surface area (Å²) in [5.41, 5.74) is 2.94. The Morgan fingerprint density at radius 3 is 2.71 bits per heavy atom. The number of hydrogen-bond acceptors (Lipinski definition) is 3. The van der Waals surface area contributed by atoms with Gasteiger partial charge in [-0.3, -0.25) is 9.59 Å². The lowest BCUT2D eigenvalue weighted by atomic mass is 10.1. The summed E-state index contributed by atoms with van der Waals surface area (Å²) >= 11 is 0. The van der Waals surface area contributed by atoms with Gasteiger partial charge in [0, 0.05) is 31.4 Å². The lowest BCUT2D eigenvalue weighted by Crippen LogP contribution is -2.34. The van der Waals surface area contributed by atoms with Gasteiger partial charge in [0.25, 0.3) is 5.91 Å². The fourth-order valence-corrected chi connectivity index (χ4v) is 3.36. The minimum atomic E-state index is -0.263. The molecule has 2 heterocycles. The molecule has 28 heavy (non-hydrogen) atoms. The number of carbonyl (C=O) groups is 2. The van der Waals surface area contributed by atoms with Gasteiger partial charge in [-0.25, -0.2) is 4.68 Å². The van der Waals surface area contributed by atoms with Crippen molar-refractivity contribution in [3.63, 3.8) is 0 Å². The number of para-hydroxylation sites is 1. The van der Waals surface area contributed by atoms with Crippen LogP contribution < -0.4 is 5.32 Å². The quantitative estimate of drug-likeness (QED) is 0.741. The molecule has 0 spiro atoms. The number of hydrogen-bond donors (Lipinski definition) is 1. The molecule has 2 amide bonds. The van der Waals surface area contributed by atoms with Crippen LogP contribution in [0.25, 0.3) is 5.69 Å². The molecule has 6 nitrogen and oxygen atoms in total. The van der Waals surface area contributed by atoms with Gasteiger partial charge >= 0.3 is 0 Å². The zero-order valence-electron chi connectivity index (χ0n) is 15.5. The van der Waals surface area contributed by atoms with Gasteiger partial charge in [-0.2, -0.15) is 5.10 Å². The van der Waals surface area contributed by atoms with Crippen LogP contribution in [0, 0.1) is 0 Å². The Bertz CT molecular complexity index is 981. The highest BCUT2D eigenvalue weighted by atomic mass is 16.2. The van der Waals surface area contributed by atoms with Crippen molar-refractivity contribution in [2.45, 2.75) is 25.8 Å². The van der Waals surface area contributed by atoms with Gasteiger partial charge < -0.3 is 10.2 Å². The molecular weight excluding hydrogens is 352 g/mol. The summed E-state index contributed by atoms with van der Waals surface area (Å²) in [4.78, 5) is 26.5. The monoisotopic (exact) mass is 374 g/mol. The smallest absolute Gasteiger partial charge is 0.276 e. The van der Waals surface area contributed by atoms with Gasteiger partial charge in [-0.05, 0) is 48.7 Å². The summed E-state index contributed by atoms with van der Waals surface area (Å²) in [5.74, 6) is -0.0620. The minimum absolute atomic E-state index is 0.201. The largest absolute Gasteiger partial charge is 0.338 e. The maximum atomic E-state index is 12.6. The first-order valence-electron chi connectivity index (χ1n) is 9.48. The average molecular weight is 374 g/mol. The Kier molecular flexibility index (Phi) is 5.19. The van der Waals surface area contributed by atoms with E-state index in [1.807, 2.05) is 59.5 Å². The Labute approximate surface area is 163 Å². The number of piperidine rings is 1. The maximum Gasteiger partial charge on any atom is 0.276 e. The number of carbonyl (C=O) groups excluding carboxylic acids is 2. The second kappa shape index (κ2) is 8.08. The SMILES string of the molecule is O=C(Nc1cccc(CN2CCCCC2=O)c1)c1ccn(-c2ccccc2)n1. The number of rotatable bonds is 5. The Morgan fingerprint density at radius 2 is 1.89 bits per heavy atom. The lowest BCUT2D eigenvalue weighted by Gasteiger charge is -2.26. The molecule has 1 aliphatic rings. The zero-order chi connectivity index (χ0) is 19.3. The molecule has 1 N–H and O–H groups in total. The molecular formula is C22H22N4O2. The third-order valence-electron chi connectivity index (χ3n) is 4.82. The van der Waals surface area contributed by atoms with Crippen molar-refractivity contribution < 1.29 is 9.59 Å². The molecule has 0 atom stereocenters. The summed E-state index contributed by atoms with van der Waals surface area (Å²) in [6.07, 6.45) is 4.41. The number of aromatic nitrogens is 2. The predicted octanol–water partition coefficient (Wildman–Crippen LogP) is 3.64. The normalized spacial score (nSPS) is 14.1. The molecule has 1 fully saturated rings. The lowest BCUT2D eigenvalue weighted by molar-refractivity contribution is -0.133. The second-order valence-electron chi connectivity index (χ2n) is 6.91. The highest BCUT2D eigenvalue weighted by molar-refractivity contribution is 6.02. The van der Waals surface area contributed by atoms with Gasteiger partial charge in [-0.15, -0.1) is 0 Å². The molecule has 142 valence electrons. The highest BCUT2D eigenvalue weighted by Gasteiger charge is 2.18. The summed E-state index contributed by atoms with van der Waals surface area (Å²) < 4.78 is 1.67. The molecule has 0 saturated carbocycles. The van der Waals surface area contributed by atoms with Crippen LogP contribution >= 0.6 is 0 Å². The Balaban J connectivity index is 1.43. The van der Waals surface area contributed by atoms with Crippen molar-refractivity contribution in [3.05, 3.63) is 78.1 Å². The van der Waals surface area contributed by atoms with Crippen LogP contribution in [0.15, 0.2) is 66.9 Å². The van der Waals surface area contributed by atoms with Crippen LogP contribution in [0.2, 0.25) is 0 Å². The van der Waals surface area contributed by atoms with E-state index < -0.39 is 0 Å². The summed E-state index contributed by atoms with van der Waals surface area (Å²) in [5, 5.41) is 7.25. The van der Waals surface area contributed by atoms with Crippen LogP contribution in [-0.2, 0) is 11.3 Å². The van der Waals surface area contributed by atoms with E-state index >= 15 is 0 Å². The van der Waals surface area contributed by atoms with E-state index in [1.54, 1.807) is 16.9 Å². The van der Waals surface area contributed by atoms with Gasteiger partial charge in [0.1, 0.15) is 0 Å². The highest BCUT2D eigenvalue weighted by Crippen LogP contribution is 2.18. The van der Waals surface area contributed by atoms with Crippen LogP contribution in [0.3, 0.4) is 0 Å². The van der Waals surface area contributed by atoms with E-state index in [0.717, 1.165) is 30.6 Å². The fourth-order valence-electron chi connectivity index (χ4n) is 3.36. The molecule has 4 rings (SSSR count). The molecule has 1 aromatic heterocycles.